The summed E-state index contributed by atoms with van der Waals surface area (Å²) in [7, 11) is 0. The number of nitrogens with one attached hydrogen (secondary N) is 1. The molecule has 28 heavy (non-hydrogen) atoms. The molecule has 1 N–H and O–H groups in total. The van der Waals surface area contributed by atoms with E-state index in [2.05, 4.69) is 5.32 Å². The van der Waals surface area contributed by atoms with Crippen LogP contribution in [0.4, 0.5) is 10.1 Å². The molecule has 140 valence electrons. The molecule has 0 bridgehead atoms. The number of benzene rings is 3. The Morgan fingerprint density at radius 3 is 2.18 bits per heavy atom. The van der Waals surface area contributed by atoms with Crippen LogP contribution >= 0.6 is 0 Å². The highest BCUT2D eigenvalue weighted by atomic mass is 19.1. The summed E-state index contributed by atoms with van der Waals surface area (Å²) in [6.45, 7) is -0.467. The Morgan fingerprint density at radius 2 is 1.46 bits per heavy atom. The maximum Gasteiger partial charge on any atom is 0.338 e. The summed E-state index contributed by atoms with van der Waals surface area (Å²) >= 11 is 0. The van der Waals surface area contributed by atoms with E-state index in [-0.39, 0.29) is 17.0 Å². The van der Waals surface area contributed by atoms with Crippen molar-refractivity contribution in [2.45, 2.75) is 0 Å². The lowest BCUT2D eigenvalue weighted by Crippen LogP contribution is -2.15. The molecular weight excluding hydrogens is 361 g/mol. The van der Waals surface area contributed by atoms with E-state index in [0.29, 0.717) is 11.3 Å². The van der Waals surface area contributed by atoms with Gasteiger partial charge in [0.1, 0.15) is 5.82 Å². The number of ketones is 1. The molecule has 3 aromatic carbocycles. The fourth-order valence-corrected chi connectivity index (χ4v) is 2.45. The molecule has 0 aliphatic rings. The van der Waals surface area contributed by atoms with Crippen molar-refractivity contribution in [3.8, 4) is 0 Å². The lowest BCUT2D eigenvalue weighted by Gasteiger charge is -2.08. The highest BCUT2D eigenvalue weighted by Crippen LogP contribution is 2.14. The van der Waals surface area contributed by atoms with Crippen molar-refractivity contribution in [1.82, 2.24) is 0 Å². The largest absolute Gasteiger partial charge is 0.454 e. The fraction of sp³-hybridized carbons (Fsp3) is 0.0455. The second kappa shape index (κ2) is 8.73. The highest BCUT2D eigenvalue weighted by Gasteiger charge is 2.13. The maximum absolute atomic E-state index is 12.9. The minimum absolute atomic E-state index is 0.192. The Hall–Kier alpha value is -3.80. The van der Waals surface area contributed by atoms with Gasteiger partial charge in [0.05, 0.1) is 5.56 Å². The van der Waals surface area contributed by atoms with Gasteiger partial charge in [-0.2, -0.15) is 0 Å². The molecule has 0 heterocycles. The number of anilines is 1. The molecule has 6 heteroatoms. The molecule has 0 radical (unpaired) electrons. The highest BCUT2D eigenvalue weighted by molar-refractivity contribution is 6.05. The summed E-state index contributed by atoms with van der Waals surface area (Å²) in [6, 6.07) is 19.8. The van der Waals surface area contributed by atoms with Crippen molar-refractivity contribution in [3.05, 3.63) is 101 Å². The predicted octanol–water partition coefficient (Wildman–Crippen LogP) is 4.12. The number of hydrogen-bond acceptors (Lipinski definition) is 4. The van der Waals surface area contributed by atoms with Crippen molar-refractivity contribution >= 4 is 23.3 Å². The molecule has 5 nitrogen and oxygen atoms in total. The minimum Gasteiger partial charge on any atom is -0.454 e. The molecule has 0 atom stereocenters. The summed E-state index contributed by atoms with van der Waals surface area (Å²) in [5, 5.41) is 2.70. The van der Waals surface area contributed by atoms with E-state index in [9.17, 15) is 18.8 Å². The van der Waals surface area contributed by atoms with Gasteiger partial charge < -0.3 is 10.1 Å². The Labute approximate surface area is 160 Å². The van der Waals surface area contributed by atoms with Crippen LogP contribution in [0.5, 0.6) is 0 Å². The Bertz CT molecular complexity index is 1000. The van der Waals surface area contributed by atoms with Crippen LogP contribution in [0, 0.1) is 5.82 Å². The van der Waals surface area contributed by atoms with Crippen LogP contribution in [0.15, 0.2) is 78.9 Å². The van der Waals surface area contributed by atoms with E-state index in [1.165, 1.54) is 24.3 Å². The normalized spacial score (nSPS) is 10.2. The molecule has 0 saturated carbocycles. The van der Waals surface area contributed by atoms with Crippen molar-refractivity contribution in [2.24, 2.45) is 0 Å². The third-order valence-corrected chi connectivity index (χ3v) is 3.89. The standard InChI is InChI=1S/C22H16FNO4/c23-18-11-9-15(10-12-18)20(25)14-28-22(27)17-7-4-8-19(13-17)24-21(26)16-5-2-1-3-6-16/h1-13H,14H2,(H,24,26). The van der Waals surface area contributed by atoms with E-state index in [1.807, 2.05) is 0 Å². The van der Waals surface area contributed by atoms with Crippen LogP contribution in [0.25, 0.3) is 0 Å². The topological polar surface area (TPSA) is 72.5 Å². The zero-order valence-electron chi connectivity index (χ0n) is 14.7. The summed E-state index contributed by atoms with van der Waals surface area (Å²) < 4.78 is 17.9. The smallest absolute Gasteiger partial charge is 0.338 e. The monoisotopic (exact) mass is 377 g/mol. The second-order valence-electron chi connectivity index (χ2n) is 5.91. The third kappa shape index (κ3) is 4.88. The Morgan fingerprint density at radius 1 is 0.786 bits per heavy atom. The van der Waals surface area contributed by atoms with Gasteiger partial charge in [-0.3, -0.25) is 9.59 Å². The van der Waals surface area contributed by atoms with Crippen LogP contribution in [-0.4, -0.2) is 24.3 Å². The number of carbonyl (C=O) groups is 3. The zero-order chi connectivity index (χ0) is 19.9. The average Bonchev–Trinajstić information content (AvgIpc) is 2.73. The number of ether oxygens (including phenoxy) is 1. The zero-order valence-corrected chi connectivity index (χ0v) is 14.7. The van der Waals surface area contributed by atoms with E-state index >= 15 is 0 Å². The van der Waals surface area contributed by atoms with Crippen molar-refractivity contribution in [1.29, 1.82) is 0 Å². The van der Waals surface area contributed by atoms with Crippen LogP contribution in [-0.2, 0) is 4.74 Å². The van der Waals surface area contributed by atoms with Crippen molar-refractivity contribution in [3.63, 3.8) is 0 Å². The van der Waals surface area contributed by atoms with Gasteiger partial charge in [-0.15, -0.1) is 0 Å². The van der Waals surface area contributed by atoms with Crippen LogP contribution in [0.3, 0.4) is 0 Å². The molecule has 3 rings (SSSR count). The molecule has 0 aliphatic carbocycles. The third-order valence-electron chi connectivity index (χ3n) is 3.89. The molecule has 0 spiro atoms. The number of carbonyl (C=O) groups excluding carboxylic acids is 3. The molecule has 1 amide bonds. The van der Waals surface area contributed by atoms with E-state index in [0.717, 1.165) is 12.1 Å². The first kappa shape index (κ1) is 19.0. The molecule has 0 unspecified atom stereocenters. The quantitative estimate of drug-likeness (QED) is 0.518. The van der Waals surface area contributed by atoms with E-state index < -0.39 is 24.2 Å². The number of rotatable bonds is 6. The van der Waals surface area contributed by atoms with Crippen LogP contribution in [0.1, 0.15) is 31.1 Å². The van der Waals surface area contributed by atoms with Gasteiger partial charge in [0.2, 0.25) is 0 Å². The lowest BCUT2D eigenvalue weighted by atomic mass is 10.1. The molecule has 0 fully saturated rings. The minimum atomic E-state index is -0.703. The lowest BCUT2D eigenvalue weighted by molar-refractivity contribution is 0.0474. The van der Waals surface area contributed by atoms with E-state index in [1.54, 1.807) is 42.5 Å². The molecule has 3 aromatic rings. The summed E-state index contributed by atoms with van der Waals surface area (Å²) in [4.78, 5) is 36.4. The van der Waals surface area contributed by atoms with Crippen LogP contribution in [0.2, 0.25) is 0 Å². The number of esters is 1. The SMILES string of the molecule is O=C(COC(=O)c1cccc(NC(=O)c2ccccc2)c1)c1ccc(F)cc1. The summed E-state index contributed by atoms with van der Waals surface area (Å²) in [6.07, 6.45) is 0. The molecule has 0 aromatic heterocycles. The second-order valence-corrected chi connectivity index (χ2v) is 5.91. The van der Waals surface area contributed by atoms with Gasteiger partial charge in [0.25, 0.3) is 5.91 Å². The molecular formula is C22H16FNO4. The fourth-order valence-electron chi connectivity index (χ4n) is 2.45. The summed E-state index contributed by atoms with van der Waals surface area (Å²) in [5.74, 6) is -1.91. The number of amides is 1. The molecule has 0 aliphatic heterocycles. The average molecular weight is 377 g/mol. The first-order valence-corrected chi connectivity index (χ1v) is 8.45. The van der Waals surface area contributed by atoms with Gasteiger partial charge in [-0.1, -0.05) is 24.3 Å². The maximum atomic E-state index is 12.9. The van der Waals surface area contributed by atoms with E-state index in [4.69, 9.17) is 4.74 Å². The van der Waals surface area contributed by atoms with Gasteiger partial charge in [0, 0.05) is 16.8 Å². The number of Topliss-reactive ketones (excluding diaryl/α,β-unsaturated/α-hetero) is 1. The Balaban J connectivity index is 1.61. The first-order chi connectivity index (χ1) is 13.5. The number of hydrogen-bond donors (Lipinski definition) is 1. The first-order valence-electron chi connectivity index (χ1n) is 8.45. The number of halogens is 1. The van der Waals surface area contributed by atoms with Gasteiger partial charge >= 0.3 is 5.97 Å². The van der Waals surface area contributed by atoms with Crippen molar-refractivity contribution < 1.29 is 23.5 Å². The van der Waals surface area contributed by atoms with Crippen LogP contribution < -0.4 is 5.32 Å². The summed E-state index contributed by atoms with van der Waals surface area (Å²) in [5.41, 5.74) is 1.35. The Kier molecular flexibility index (Phi) is 5.91. The molecule has 0 saturated heterocycles. The predicted molar refractivity (Wildman–Crippen MR) is 102 cm³/mol. The van der Waals surface area contributed by atoms with Gasteiger partial charge in [0.15, 0.2) is 12.4 Å². The van der Waals surface area contributed by atoms with Crippen molar-refractivity contribution in [2.75, 3.05) is 11.9 Å². The van der Waals surface area contributed by atoms with Gasteiger partial charge in [-0.25, -0.2) is 9.18 Å². The van der Waals surface area contributed by atoms with Gasteiger partial charge in [-0.05, 0) is 54.6 Å².